The molecule has 0 aliphatic heterocycles. The van der Waals surface area contributed by atoms with Gasteiger partial charge in [0.05, 0.1) is 0 Å². The van der Waals surface area contributed by atoms with Crippen molar-refractivity contribution in [1.82, 2.24) is 0 Å². The highest BCUT2D eigenvalue weighted by molar-refractivity contribution is 9.13. The molecular weight excluding hydrogens is 424 g/mol. The molecule has 0 unspecified atom stereocenters. The Labute approximate surface area is 161 Å². The van der Waals surface area contributed by atoms with Crippen LogP contribution in [-0.2, 0) is 10.8 Å². The zero-order valence-corrected chi connectivity index (χ0v) is 18.4. The lowest BCUT2D eigenvalue weighted by Crippen LogP contribution is -2.11. The highest BCUT2D eigenvalue weighted by atomic mass is 79.9. The fraction of sp³-hybridized carbons (Fsp3) is 0.364. The monoisotopic (exact) mass is 446 g/mol. The highest BCUT2D eigenvalue weighted by Gasteiger charge is 2.19. The van der Waals surface area contributed by atoms with Crippen LogP contribution < -0.4 is 0 Å². The first kappa shape index (κ1) is 17.9. The number of fused-ring (bicyclic) bond motifs is 3. The normalized spacial score (nSPS) is 13.0. The van der Waals surface area contributed by atoms with Crippen molar-refractivity contribution in [1.29, 1.82) is 0 Å². The quantitative estimate of drug-likeness (QED) is 0.305. The van der Waals surface area contributed by atoms with Crippen LogP contribution in [0.2, 0.25) is 0 Å². The van der Waals surface area contributed by atoms with E-state index >= 15 is 0 Å². The Morgan fingerprint density at radius 3 is 1.17 bits per heavy atom. The molecule has 0 atom stereocenters. The average molecular weight is 448 g/mol. The molecule has 0 amide bonds. The summed E-state index contributed by atoms with van der Waals surface area (Å²) in [6.07, 6.45) is 0. The predicted octanol–water partition coefficient (Wildman–Crippen LogP) is 8.11. The second-order valence-electron chi connectivity index (χ2n) is 8.65. The maximum Gasteiger partial charge on any atom is 0.0402 e. The predicted molar refractivity (Wildman–Crippen MR) is 114 cm³/mol. The molecule has 0 aliphatic carbocycles. The second kappa shape index (κ2) is 5.85. The van der Waals surface area contributed by atoms with Gasteiger partial charge >= 0.3 is 0 Å². The van der Waals surface area contributed by atoms with Gasteiger partial charge in [0, 0.05) is 8.95 Å². The topological polar surface area (TPSA) is 0 Å². The van der Waals surface area contributed by atoms with Gasteiger partial charge in [0.15, 0.2) is 0 Å². The van der Waals surface area contributed by atoms with Gasteiger partial charge in [-0.3, -0.25) is 0 Å². The van der Waals surface area contributed by atoms with E-state index < -0.39 is 0 Å². The molecule has 0 bridgehead atoms. The third-order valence-corrected chi connectivity index (χ3v) is 6.91. The van der Waals surface area contributed by atoms with Crippen LogP contribution in [0, 0.1) is 0 Å². The molecular formula is C22H24Br2. The van der Waals surface area contributed by atoms with Gasteiger partial charge in [-0.1, -0.05) is 65.8 Å². The fourth-order valence-electron chi connectivity index (χ4n) is 3.09. The summed E-state index contributed by atoms with van der Waals surface area (Å²) in [5.41, 5.74) is 3.02. The summed E-state index contributed by atoms with van der Waals surface area (Å²) in [6.45, 7) is 13.6. The number of rotatable bonds is 0. The molecule has 2 heteroatoms. The summed E-state index contributed by atoms with van der Waals surface area (Å²) in [6, 6.07) is 13.7. The zero-order chi connectivity index (χ0) is 17.9. The van der Waals surface area contributed by atoms with Crippen LogP contribution in [0.15, 0.2) is 45.3 Å². The van der Waals surface area contributed by atoms with Crippen LogP contribution in [0.5, 0.6) is 0 Å². The van der Waals surface area contributed by atoms with Crippen molar-refractivity contribution in [2.75, 3.05) is 0 Å². The lowest BCUT2D eigenvalue weighted by molar-refractivity contribution is 0.590. The summed E-state index contributed by atoms with van der Waals surface area (Å²) >= 11 is 7.58. The summed E-state index contributed by atoms with van der Waals surface area (Å²) in [7, 11) is 0. The first-order valence-electron chi connectivity index (χ1n) is 8.35. The van der Waals surface area contributed by atoms with Gasteiger partial charge in [0.2, 0.25) is 0 Å². The molecule has 0 saturated carbocycles. The molecule has 3 rings (SSSR count). The van der Waals surface area contributed by atoms with Crippen LogP contribution >= 0.6 is 31.9 Å². The molecule has 0 fully saturated rings. The molecule has 0 N–H and O–H groups in total. The molecule has 0 spiro atoms. The van der Waals surface area contributed by atoms with Crippen molar-refractivity contribution < 1.29 is 0 Å². The Hall–Kier alpha value is -0.860. The molecule has 0 nitrogen and oxygen atoms in total. The Morgan fingerprint density at radius 1 is 0.542 bits per heavy atom. The lowest BCUT2D eigenvalue weighted by Gasteiger charge is -2.22. The molecule has 0 saturated heterocycles. The minimum Gasteiger partial charge on any atom is -0.0578 e. The third kappa shape index (κ3) is 3.04. The molecule has 126 valence electrons. The Balaban J connectivity index is 2.48. The fourth-order valence-corrected chi connectivity index (χ4v) is 4.21. The number of hydrogen-bond acceptors (Lipinski definition) is 0. The van der Waals surface area contributed by atoms with Gasteiger partial charge in [-0.05, 0) is 87.5 Å². The molecule has 0 aliphatic rings. The average Bonchev–Trinajstić information content (AvgIpc) is 2.49. The van der Waals surface area contributed by atoms with Gasteiger partial charge in [0.25, 0.3) is 0 Å². The van der Waals surface area contributed by atoms with Gasteiger partial charge < -0.3 is 0 Å². The molecule has 0 aromatic heterocycles. The van der Waals surface area contributed by atoms with Crippen molar-refractivity contribution in [2.24, 2.45) is 0 Å². The van der Waals surface area contributed by atoms with E-state index in [1.807, 2.05) is 0 Å². The van der Waals surface area contributed by atoms with Gasteiger partial charge in [0.1, 0.15) is 0 Å². The van der Waals surface area contributed by atoms with E-state index in [2.05, 4.69) is 110 Å². The number of hydrogen-bond donors (Lipinski definition) is 0. The Morgan fingerprint density at radius 2 is 0.875 bits per heavy atom. The molecule has 3 aromatic rings. The number of benzene rings is 3. The van der Waals surface area contributed by atoms with Gasteiger partial charge in [-0.2, -0.15) is 0 Å². The largest absolute Gasteiger partial charge is 0.0578 e. The van der Waals surface area contributed by atoms with Crippen molar-refractivity contribution in [2.45, 2.75) is 52.4 Å². The van der Waals surface area contributed by atoms with Crippen molar-refractivity contribution in [3.63, 3.8) is 0 Å². The third-order valence-electron chi connectivity index (χ3n) is 4.73. The lowest BCUT2D eigenvalue weighted by atomic mass is 9.83. The maximum absolute atomic E-state index is 3.79. The van der Waals surface area contributed by atoms with E-state index in [4.69, 9.17) is 0 Å². The van der Waals surface area contributed by atoms with Crippen molar-refractivity contribution >= 4 is 53.4 Å². The summed E-state index contributed by atoms with van der Waals surface area (Å²) in [4.78, 5) is 0. The van der Waals surface area contributed by atoms with E-state index in [1.165, 1.54) is 32.7 Å². The number of halogens is 2. The van der Waals surface area contributed by atoms with E-state index in [-0.39, 0.29) is 10.8 Å². The maximum atomic E-state index is 3.79. The van der Waals surface area contributed by atoms with Crippen LogP contribution in [0.25, 0.3) is 21.5 Å². The minimum atomic E-state index is 0.141. The first-order valence-corrected chi connectivity index (χ1v) is 9.94. The highest BCUT2D eigenvalue weighted by Crippen LogP contribution is 2.42. The van der Waals surface area contributed by atoms with E-state index in [9.17, 15) is 0 Å². The molecule has 3 aromatic carbocycles. The van der Waals surface area contributed by atoms with Crippen molar-refractivity contribution in [3.8, 4) is 0 Å². The van der Waals surface area contributed by atoms with E-state index in [0.29, 0.717) is 0 Å². The standard InChI is InChI=1S/C22H24Br2/c1-21(2,3)13-7-9-15-17(11-13)18-12-14(22(4,5)6)8-10-16(18)20(24)19(15)23/h7-12H,1-6H3. The van der Waals surface area contributed by atoms with Crippen molar-refractivity contribution in [3.05, 3.63) is 56.5 Å². The minimum absolute atomic E-state index is 0.141. The Bertz CT molecular complexity index is 859. The molecule has 24 heavy (non-hydrogen) atoms. The smallest absolute Gasteiger partial charge is 0.0402 e. The summed E-state index contributed by atoms with van der Waals surface area (Å²) in [5, 5.41) is 5.15. The van der Waals surface area contributed by atoms with Crippen LogP contribution in [-0.4, -0.2) is 0 Å². The summed E-state index contributed by atoms with van der Waals surface area (Å²) < 4.78 is 2.27. The van der Waals surface area contributed by atoms with E-state index in [1.54, 1.807) is 0 Å². The first-order chi connectivity index (χ1) is 11.0. The van der Waals surface area contributed by atoms with E-state index in [0.717, 1.165) is 8.95 Å². The molecule has 0 radical (unpaired) electrons. The zero-order valence-electron chi connectivity index (χ0n) is 15.2. The second-order valence-corrected chi connectivity index (χ2v) is 10.2. The van der Waals surface area contributed by atoms with Crippen LogP contribution in [0.4, 0.5) is 0 Å². The van der Waals surface area contributed by atoms with Gasteiger partial charge in [-0.25, -0.2) is 0 Å². The van der Waals surface area contributed by atoms with Crippen LogP contribution in [0.1, 0.15) is 52.7 Å². The SMILES string of the molecule is CC(C)(C)c1ccc2c(Br)c(Br)c3ccc(C(C)(C)C)cc3c2c1. The molecule has 0 heterocycles. The van der Waals surface area contributed by atoms with Crippen LogP contribution in [0.3, 0.4) is 0 Å². The Kier molecular flexibility index (Phi) is 4.37. The van der Waals surface area contributed by atoms with Gasteiger partial charge in [-0.15, -0.1) is 0 Å². The summed E-state index contributed by atoms with van der Waals surface area (Å²) in [5.74, 6) is 0.